The zero-order valence-electron chi connectivity index (χ0n) is 14.0. The highest BCUT2D eigenvalue weighted by molar-refractivity contribution is 9.10. The Bertz CT molecular complexity index is 1260. The SMILES string of the molecule is Cc1cc(C(=O)C(C#N)c2nc3cc(Cl)ccc3s2)c2ccc(Br)cc2n1. The van der Waals surface area contributed by atoms with Crippen LogP contribution in [0.2, 0.25) is 5.02 Å². The summed E-state index contributed by atoms with van der Waals surface area (Å²) < 4.78 is 1.77. The quantitative estimate of drug-likeness (QED) is 0.351. The second-order valence-corrected chi connectivity index (χ2v) is 8.48. The Hall–Kier alpha value is -2.33. The first-order valence-corrected chi connectivity index (χ1v) is 10.0. The van der Waals surface area contributed by atoms with Crippen molar-refractivity contribution in [2.24, 2.45) is 0 Å². The number of nitriles is 1. The normalized spacial score (nSPS) is 12.2. The number of hydrogen-bond donors (Lipinski definition) is 0. The molecule has 1 atom stereocenters. The van der Waals surface area contributed by atoms with Crippen LogP contribution in [0.5, 0.6) is 0 Å². The molecule has 0 radical (unpaired) electrons. The van der Waals surface area contributed by atoms with E-state index in [0.29, 0.717) is 26.6 Å². The van der Waals surface area contributed by atoms with E-state index in [1.807, 2.05) is 31.2 Å². The Kier molecular flexibility index (Phi) is 4.68. The monoisotopic (exact) mass is 455 g/mol. The van der Waals surface area contributed by atoms with Gasteiger partial charge in [-0.3, -0.25) is 9.78 Å². The van der Waals surface area contributed by atoms with Crippen molar-refractivity contribution in [1.82, 2.24) is 9.97 Å². The van der Waals surface area contributed by atoms with Crippen molar-refractivity contribution in [2.75, 3.05) is 0 Å². The molecule has 1 unspecified atom stereocenters. The van der Waals surface area contributed by atoms with Crippen LogP contribution in [0.25, 0.3) is 21.1 Å². The van der Waals surface area contributed by atoms with E-state index in [0.717, 1.165) is 20.3 Å². The number of aryl methyl sites for hydroxylation is 1. The predicted molar refractivity (Wildman–Crippen MR) is 111 cm³/mol. The zero-order chi connectivity index (χ0) is 19.1. The molecule has 0 aliphatic heterocycles. The van der Waals surface area contributed by atoms with Crippen molar-refractivity contribution < 1.29 is 4.79 Å². The molecule has 0 fully saturated rings. The summed E-state index contributed by atoms with van der Waals surface area (Å²) in [5.41, 5.74) is 2.60. The largest absolute Gasteiger partial charge is 0.292 e. The summed E-state index contributed by atoms with van der Waals surface area (Å²) in [6.07, 6.45) is 0. The molecule has 0 saturated heterocycles. The molecule has 0 amide bonds. The molecule has 0 aliphatic rings. The summed E-state index contributed by atoms with van der Waals surface area (Å²) in [5.74, 6) is -1.25. The van der Waals surface area contributed by atoms with Gasteiger partial charge < -0.3 is 0 Å². The molecule has 4 rings (SSSR count). The summed E-state index contributed by atoms with van der Waals surface area (Å²) in [5, 5.41) is 11.5. The fourth-order valence-corrected chi connectivity index (χ4v) is 4.47. The summed E-state index contributed by atoms with van der Waals surface area (Å²) in [6, 6.07) is 14.8. The van der Waals surface area contributed by atoms with Crippen molar-refractivity contribution >= 4 is 65.8 Å². The molecule has 4 nitrogen and oxygen atoms in total. The number of thiazole rings is 1. The molecule has 2 heterocycles. The van der Waals surface area contributed by atoms with Crippen molar-refractivity contribution in [2.45, 2.75) is 12.8 Å². The summed E-state index contributed by atoms with van der Waals surface area (Å²) in [4.78, 5) is 22.2. The number of hydrogen-bond acceptors (Lipinski definition) is 5. The van der Waals surface area contributed by atoms with Crippen molar-refractivity contribution in [3.05, 3.63) is 68.2 Å². The number of carbonyl (C=O) groups excluding carboxylic acids is 1. The standard InChI is InChI=1S/C20H11BrClN3OS/c1-10-6-14(13-4-2-11(21)7-16(13)24-10)19(26)15(9-23)20-25-17-8-12(22)3-5-18(17)27-20/h2-8,15H,1H3. The van der Waals surface area contributed by atoms with E-state index < -0.39 is 5.92 Å². The number of carbonyl (C=O) groups is 1. The highest BCUT2D eigenvalue weighted by Crippen LogP contribution is 2.32. The summed E-state index contributed by atoms with van der Waals surface area (Å²) >= 11 is 10.8. The van der Waals surface area contributed by atoms with Crippen LogP contribution >= 0.6 is 38.9 Å². The topological polar surface area (TPSA) is 66.6 Å². The lowest BCUT2D eigenvalue weighted by Crippen LogP contribution is -2.12. The number of rotatable bonds is 3. The maximum Gasteiger partial charge on any atom is 0.187 e. The first-order chi connectivity index (χ1) is 13.0. The Morgan fingerprint density at radius 3 is 2.78 bits per heavy atom. The van der Waals surface area contributed by atoms with Crippen molar-refractivity contribution in [3.63, 3.8) is 0 Å². The molecule has 2 aromatic carbocycles. The van der Waals surface area contributed by atoms with E-state index in [-0.39, 0.29) is 5.78 Å². The molecule has 7 heteroatoms. The number of pyridine rings is 1. The summed E-state index contributed by atoms with van der Waals surface area (Å²) in [6.45, 7) is 1.83. The minimum Gasteiger partial charge on any atom is -0.292 e. The first-order valence-electron chi connectivity index (χ1n) is 8.03. The van der Waals surface area contributed by atoms with E-state index >= 15 is 0 Å². The molecule has 27 heavy (non-hydrogen) atoms. The van der Waals surface area contributed by atoms with Crippen LogP contribution in [-0.2, 0) is 0 Å². The fourth-order valence-electron chi connectivity index (χ4n) is 2.96. The molecule has 4 aromatic rings. The number of fused-ring (bicyclic) bond motifs is 2. The molecule has 2 aromatic heterocycles. The number of Topliss-reactive ketones (excluding diaryl/α,β-unsaturated/α-hetero) is 1. The fraction of sp³-hybridized carbons (Fsp3) is 0.100. The average Bonchev–Trinajstić information content (AvgIpc) is 3.03. The lowest BCUT2D eigenvalue weighted by Gasteiger charge is -2.10. The van der Waals surface area contributed by atoms with Gasteiger partial charge in [0, 0.05) is 26.1 Å². The van der Waals surface area contributed by atoms with Gasteiger partial charge in [-0.15, -0.1) is 11.3 Å². The van der Waals surface area contributed by atoms with Gasteiger partial charge in [0.15, 0.2) is 11.7 Å². The van der Waals surface area contributed by atoms with E-state index in [1.54, 1.807) is 18.2 Å². The third-order valence-corrected chi connectivity index (χ3v) is 6.00. The van der Waals surface area contributed by atoms with Gasteiger partial charge in [-0.1, -0.05) is 33.6 Å². The molecule has 0 N–H and O–H groups in total. The van der Waals surface area contributed by atoms with Gasteiger partial charge in [0.1, 0.15) is 5.01 Å². The minimum atomic E-state index is -0.977. The van der Waals surface area contributed by atoms with Crippen LogP contribution in [0.4, 0.5) is 0 Å². The van der Waals surface area contributed by atoms with Gasteiger partial charge >= 0.3 is 0 Å². The number of halogens is 2. The Morgan fingerprint density at radius 1 is 1.19 bits per heavy atom. The maximum atomic E-state index is 13.2. The van der Waals surface area contributed by atoms with Crippen LogP contribution < -0.4 is 0 Å². The molecular formula is C20H11BrClN3OS. The van der Waals surface area contributed by atoms with Gasteiger partial charge in [0.05, 0.1) is 21.8 Å². The lowest BCUT2D eigenvalue weighted by molar-refractivity contribution is 0.0980. The molecule has 0 aliphatic carbocycles. The van der Waals surface area contributed by atoms with E-state index in [4.69, 9.17) is 11.6 Å². The van der Waals surface area contributed by atoms with Gasteiger partial charge in [-0.2, -0.15) is 5.26 Å². The smallest absolute Gasteiger partial charge is 0.187 e. The van der Waals surface area contributed by atoms with E-state index in [2.05, 4.69) is 32.0 Å². The predicted octanol–water partition coefficient (Wildman–Crippen LogP) is 6.06. The number of ketones is 1. The summed E-state index contributed by atoms with van der Waals surface area (Å²) in [7, 11) is 0. The highest BCUT2D eigenvalue weighted by Gasteiger charge is 2.27. The minimum absolute atomic E-state index is 0.277. The highest BCUT2D eigenvalue weighted by atomic mass is 79.9. The van der Waals surface area contributed by atoms with Gasteiger partial charge in [0.25, 0.3) is 0 Å². The molecule has 132 valence electrons. The second-order valence-electron chi connectivity index (χ2n) is 6.06. The van der Waals surface area contributed by atoms with Crippen LogP contribution in [0.3, 0.4) is 0 Å². The zero-order valence-corrected chi connectivity index (χ0v) is 17.2. The third-order valence-electron chi connectivity index (χ3n) is 4.17. The second kappa shape index (κ2) is 7.01. The van der Waals surface area contributed by atoms with E-state index in [9.17, 15) is 10.1 Å². The third kappa shape index (κ3) is 3.34. The Morgan fingerprint density at radius 2 is 2.00 bits per heavy atom. The van der Waals surface area contributed by atoms with Crippen LogP contribution in [0.1, 0.15) is 27.0 Å². The van der Waals surface area contributed by atoms with Crippen molar-refractivity contribution in [3.8, 4) is 6.07 Å². The maximum absolute atomic E-state index is 13.2. The Balaban J connectivity index is 1.84. The molecule has 0 saturated carbocycles. The van der Waals surface area contributed by atoms with Crippen LogP contribution in [0.15, 0.2) is 46.9 Å². The first kappa shape index (κ1) is 18.1. The lowest BCUT2D eigenvalue weighted by atomic mass is 9.95. The van der Waals surface area contributed by atoms with Crippen molar-refractivity contribution in [1.29, 1.82) is 5.26 Å². The molecular weight excluding hydrogens is 446 g/mol. The number of nitrogens with zero attached hydrogens (tertiary/aromatic N) is 3. The van der Waals surface area contributed by atoms with Gasteiger partial charge in [-0.05, 0) is 43.3 Å². The van der Waals surface area contributed by atoms with Crippen LogP contribution in [-0.4, -0.2) is 15.8 Å². The molecule has 0 spiro atoms. The van der Waals surface area contributed by atoms with Gasteiger partial charge in [-0.25, -0.2) is 4.98 Å². The van der Waals surface area contributed by atoms with Crippen LogP contribution in [0, 0.1) is 18.3 Å². The Labute approximate surface area is 172 Å². The van der Waals surface area contributed by atoms with Gasteiger partial charge in [0.2, 0.25) is 0 Å². The number of aromatic nitrogens is 2. The van der Waals surface area contributed by atoms with E-state index in [1.165, 1.54) is 11.3 Å². The average molecular weight is 457 g/mol. The molecule has 0 bridgehead atoms. The number of benzene rings is 2.